The number of sulfonamides is 1. The van der Waals surface area contributed by atoms with Crippen LogP contribution < -0.4 is 9.62 Å². The number of halogens is 1. The number of nitrogens with one attached hydrogen (secondary N) is 1. The van der Waals surface area contributed by atoms with E-state index in [9.17, 15) is 13.2 Å². The maximum atomic E-state index is 13.2. The fourth-order valence-corrected chi connectivity index (χ4v) is 5.20. The zero-order chi connectivity index (χ0) is 19.9. The Morgan fingerprint density at radius 2 is 1.96 bits per heavy atom. The summed E-state index contributed by atoms with van der Waals surface area (Å²) in [5.74, 6) is -0.0889. The number of benzene rings is 2. The van der Waals surface area contributed by atoms with Crippen molar-refractivity contribution < 1.29 is 13.2 Å². The number of rotatable bonds is 4. The number of nitrogens with zero attached hydrogens (tertiary/aromatic N) is 3. The second-order valence-electron chi connectivity index (χ2n) is 6.43. The summed E-state index contributed by atoms with van der Waals surface area (Å²) in [7, 11) is -2.17. The van der Waals surface area contributed by atoms with Gasteiger partial charge in [-0.05, 0) is 36.2 Å². The van der Waals surface area contributed by atoms with E-state index < -0.39 is 15.9 Å². The monoisotopic (exact) mass is 416 g/mol. The molecular weight excluding hydrogens is 400 g/mol. The molecule has 2 heterocycles. The van der Waals surface area contributed by atoms with Crippen LogP contribution in [0.25, 0.3) is 0 Å². The molecule has 2 aromatic carbocycles. The lowest BCUT2D eigenvalue weighted by Gasteiger charge is -2.20. The predicted octanol–water partition coefficient (Wildman–Crippen LogP) is 3.08. The Morgan fingerprint density at radius 1 is 1.18 bits per heavy atom. The topological polar surface area (TPSA) is 84.3 Å². The zero-order valence-electron chi connectivity index (χ0n) is 15.0. The molecule has 1 aliphatic heterocycles. The summed E-state index contributed by atoms with van der Waals surface area (Å²) in [5.41, 5.74) is 1.79. The van der Waals surface area contributed by atoms with Crippen molar-refractivity contribution >= 4 is 39.0 Å². The molecule has 1 aliphatic rings. The molecule has 144 valence electrons. The number of carbonyl (C=O) groups is 1. The van der Waals surface area contributed by atoms with E-state index in [0.717, 1.165) is 5.56 Å². The van der Waals surface area contributed by atoms with Gasteiger partial charge in [-0.3, -0.25) is 13.8 Å². The molecule has 4 rings (SSSR count). The molecular formula is C19H17ClN4O3S. The molecule has 0 atom stereocenters. The first-order chi connectivity index (χ1) is 13.4. The Morgan fingerprint density at radius 3 is 2.71 bits per heavy atom. The van der Waals surface area contributed by atoms with E-state index in [1.807, 2.05) is 12.1 Å². The fraction of sp³-hybridized carbons (Fsp3) is 0.158. The number of fused-ring (bicyclic) bond motifs is 1. The van der Waals surface area contributed by atoms with Crippen molar-refractivity contribution in [3.05, 3.63) is 70.9 Å². The van der Waals surface area contributed by atoms with Gasteiger partial charge in [-0.1, -0.05) is 29.8 Å². The molecule has 9 heteroatoms. The highest BCUT2D eigenvalue weighted by Crippen LogP contribution is 2.35. The summed E-state index contributed by atoms with van der Waals surface area (Å²) in [6, 6.07) is 13.2. The third-order valence-corrected chi connectivity index (χ3v) is 6.86. The number of para-hydroxylation sites is 1. The molecule has 28 heavy (non-hydrogen) atoms. The number of amides is 1. The molecule has 0 unspecified atom stereocenters. The van der Waals surface area contributed by atoms with Crippen LogP contribution in [0.15, 0.2) is 59.6 Å². The van der Waals surface area contributed by atoms with Crippen LogP contribution in [0.3, 0.4) is 0 Å². The number of hydrogen-bond donors (Lipinski definition) is 1. The van der Waals surface area contributed by atoms with Crippen LogP contribution in [-0.2, 0) is 23.5 Å². The van der Waals surface area contributed by atoms with Crippen LogP contribution >= 0.6 is 11.6 Å². The Labute approximate surface area is 167 Å². The van der Waals surface area contributed by atoms with E-state index in [1.165, 1.54) is 22.5 Å². The van der Waals surface area contributed by atoms with E-state index in [4.69, 9.17) is 11.6 Å². The number of aromatic nitrogens is 2. The molecule has 0 radical (unpaired) electrons. The molecule has 0 bridgehead atoms. The summed E-state index contributed by atoms with van der Waals surface area (Å²) >= 11 is 6.20. The molecule has 3 aromatic rings. The van der Waals surface area contributed by atoms with Crippen molar-refractivity contribution in [1.82, 2.24) is 9.78 Å². The van der Waals surface area contributed by atoms with Gasteiger partial charge in [0.1, 0.15) is 4.90 Å². The van der Waals surface area contributed by atoms with Gasteiger partial charge in [0.2, 0.25) is 0 Å². The maximum Gasteiger partial charge on any atom is 0.265 e. The minimum atomic E-state index is -3.91. The smallest absolute Gasteiger partial charge is 0.265 e. The molecule has 0 saturated heterocycles. The van der Waals surface area contributed by atoms with Crippen LogP contribution in [-0.4, -0.2) is 30.7 Å². The summed E-state index contributed by atoms with van der Waals surface area (Å²) in [6.07, 6.45) is 2.32. The van der Waals surface area contributed by atoms with Crippen LogP contribution in [0.2, 0.25) is 5.02 Å². The van der Waals surface area contributed by atoms with Gasteiger partial charge >= 0.3 is 0 Å². The third-order valence-electron chi connectivity index (χ3n) is 4.56. The van der Waals surface area contributed by atoms with Gasteiger partial charge in [-0.2, -0.15) is 5.10 Å². The zero-order valence-corrected chi connectivity index (χ0v) is 16.5. The van der Waals surface area contributed by atoms with Gasteiger partial charge in [0.15, 0.2) is 5.82 Å². The molecule has 1 amide bonds. The van der Waals surface area contributed by atoms with Crippen molar-refractivity contribution in [3.63, 3.8) is 0 Å². The Balaban J connectivity index is 1.68. The third kappa shape index (κ3) is 3.25. The normalized spacial score (nSPS) is 13.4. The molecule has 0 fully saturated rings. The Kier molecular flexibility index (Phi) is 4.60. The largest absolute Gasteiger partial charge is 0.305 e. The summed E-state index contributed by atoms with van der Waals surface area (Å²) in [4.78, 5) is 12.4. The minimum absolute atomic E-state index is 0.0683. The standard InChI is InChI=1S/C19H17ClN4O3S/c1-23-10-9-18(22-23)21-19(25)14-6-7-15(20)17(12-14)28(26,27)24-11-8-13-4-2-3-5-16(13)24/h2-7,9-10,12H,8,11H2,1H3,(H,21,22,25). The van der Waals surface area contributed by atoms with Crippen molar-refractivity contribution in [3.8, 4) is 0 Å². The average Bonchev–Trinajstić information content (AvgIpc) is 3.28. The lowest BCUT2D eigenvalue weighted by atomic mass is 10.2. The van der Waals surface area contributed by atoms with E-state index in [2.05, 4.69) is 10.4 Å². The minimum Gasteiger partial charge on any atom is -0.305 e. The molecule has 0 saturated carbocycles. The van der Waals surface area contributed by atoms with Crippen LogP contribution in [0.5, 0.6) is 0 Å². The molecule has 1 aromatic heterocycles. The van der Waals surface area contributed by atoms with Crippen LogP contribution in [0, 0.1) is 0 Å². The van der Waals surface area contributed by atoms with E-state index in [0.29, 0.717) is 24.5 Å². The number of aryl methyl sites for hydroxylation is 1. The molecule has 7 nitrogen and oxygen atoms in total. The SMILES string of the molecule is Cn1ccc(NC(=O)c2ccc(Cl)c(S(=O)(=O)N3CCc4ccccc43)c2)n1. The number of carbonyl (C=O) groups excluding carboxylic acids is 1. The second kappa shape index (κ2) is 6.96. The first-order valence-corrected chi connectivity index (χ1v) is 10.4. The highest BCUT2D eigenvalue weighted by atomic mass is 35.5. The molecule has 0 aliphatic carbocycles. The van der Waals surface area contributed by atoms with Crippen molar-refractivity contribution in [2.75, 3.05) is 16.2 Å². The maximum absolute atomic E-state index is 13.2. The summed E-state index contributed by atoms with van der Waals surface area (Å²) < 4.78 is 29.4. The molecule has 1 N–H and O–H groups in total. The second-order valence-corrected chi connectivity index (χ2v) is 8.67. The highest BCUT2D eigenvalue weighted by molar-refractivity contribution is 7.93. The van der Waals surface area contributed by atoms with Crippen molar-refractivity contribution in [1.29, 1.82) is 0 Å². The predicted molar refractivity (Wildman–Crippen MR) is 107 cm³/mol. The van der Waals surface area contributed by atoms with E-state index >= 15 is 0 Å². The number of anilines is 2. The van der Waals surface area contributed by atoms with Gasteiger partial charge in [0.05, 0.1) is 10.7 Å². The summed E-state index contributed by atoms with van der Waals surface area (Å²) in [5, 5.41) is 6.79. The lowest BCUT2D eigenvalue weighted by Crippen LogP contribution is -2.29. The molecule has 0 spiro atoms. The van der Waals surface area contributed by atoms with Gasteiger partial charge in [-0.15, -0.1) is 0 Å². The fourth-order valence-electron chi connectivity index (χ4n) is 3.19. The van der Waals surface area contributed by atoms with Gasteiger partial charge in [0.25, 0.3) is 15.9 Å². The van der Waals surface area contributed by atoms with E-state index in [-0.39, 0.29) is 15.5 Å². The van der Waals surface area contributed by atoms with Gasteiger partial charge < -0.3 is 5.32 Å². The first-order valence-electron chi connectivity index (χ1n) is 8.57. The van der Waals surface area contributed by atoms with Crippen LogP contribution in [0.1, 0.15) is 15.9 Å². The Hall–Kier alpha value is -2.84. The van der Waals surface area contributed by atoms with E-state index in [1.54, 1.807) is 36.1 Å². The quantitative estimate of drug-likeness (QED) is 0.708. The average molecular weight is 417 g/mol. The van der Waals surface area contributed by atoms with Gasteiger partial charge in [-0.25, -0.2) is 8.42 Å². The van der Waals surface area contributed by atoms with Crippen molar-refractivity contribution in [2.24, 2.45) is 7.05 Å². The Bertz CT molecular complexity index is 1170. The number of hydrogen-bond acceptors (Lipinski definition) is 4. The highest BCUT2D eigenvalue weighted by Gasteiger charge is 2.32. The lowest BCUT2D eigenvalue weighted by molar-refractivity contribution is 0.102. The van der Waals surface area contributed by atoms with Crippen molar-refractivity contribution in [2.45, 2.75) is 11.3 Å². The summed E-state index contributed by atoms with van der Waals surface area (Å²) in [6.45, 7) is 0.336. The van der Waals surface area contributed by atoms with Gasteiger partial charge in [0, 0.05) is 31.4 Å². The van der Waals surface area contributed by atoms with Crippen LogP contribution in [0.4, 0.5) is 11.5 Å². The first kappa shape index (κ1) is 18.5.